The molecule has 3 nitrogen and oxygen atoms in total. The standard InChI is InChI=1S/C15H31N3/c1-14(8-5-3-4-6-9-14)15(16)10-7-13(17-2)11-18-12-15/h13,17-18H,3-12,16H2,1-2H3. The Morgan fingerprint density at radius 3 is 2.39 bits per heavy atom. The van der Waals surface area contributed by atoms with Crippen LogP contribution in [0.1, 0.15) is 58.3 Å². The van der Waals surface area contributed by atoms with Gasteiger partial charge in [-0.2, -0.15) is 0 Å². The third kappa shape index (κ3) is 2.89. The monoisotopic (exact) mass is 253 g/mol. The SMILES string of the molecule is CNC1CCC(N)(C2(C)CCCCCC2)CNC1. The van der Waals surface area contributed by atoms with Gasteiger partial charge in [0.15, 0.2) is 0 Å². The fourth-order valence-electron chi connectivity index (χ4n) is 3.86. The lowest BCUT2D eigenvalue weighted by atomic mass is 9.64. The first-order valence-electron chi connectivity index (χ1n) is 7.77. The lowest BCUT2D eigenvalue weighted by Gasteiger charge is -2.46. The van der Waals surface area contributed by atoms with E-state index in [0.29, 0.717) is 11.5 Å². The molecule has 0 bridgehead atoms. The van der Waals surface area contributed by atoms with Gasteiger partial charge >= 0.3 is 0 Å². The summed E-state index contributed by atoms with van der Waals surface area (Å²) in [6.45, 7) is 4.49. The Bertz CT molecular complexity index is 258. The van der Waals surface area contributed by atoms with Crippen molar-refractivity contribution in [1.29, 1.82) is 0 Å². The highest BCUT2D eigenvalue weighted by Gasteiger charge is 2.45. The van der Waals surface area contributed by atoms with Crippen LogP contribution < -0.4 is 16.4 Å². The van der Waals surface area contributed by atoms with E-state index >= 15 is 0 Å². The summed E-state index contributed by atoms with van der Waals surface area (Å²) in [4.78, 5) is 0. The van der Waals surface area contributed by atoms with Crippen molar-refractivity contribution >= 4 is 0 Å². The smallest absolute Gasteiger partial charge is 0.0335 e. The average Bonchev–Trinajstić information content (AvgIpc) is 2.69. The van der Waals surface area contributed by atoms with Gasteiger partial charge in [-0.25, -0.2) is 0 Å². The van der Waals surface area contributed by atoms with E-state index < -0.39 is 0 Å². The molecule has 2 atom stereocenters. The summed E-state index contributed by atoms with van der Waals surface area (Å²) in [6, 6.07) is 0.588. The third-order valence-corrected chi connectivity index (χ3v) is 5.59. The van der Waals surface area contributed by atoms with Crippen molar-refractivity contribution in [2.24, 2.45) is 11.1 Å². The molecule has 1 heterocycles. The van der Waals surface area contributed by atoms with Crippen molar-refractivity contribution < 1.29 is 0 Å². The zero-order valence-corrected chi connectivity index (χ0v) is 12.2. The van der Waals surface area contributed by atoms with E-state index in [1.807, 2.05) is 0 Å². The number of hydrogen-bond acceptors (Lipinski definition) is 3. The van der Waals surface area contributed by atoms with Gasteiger partial charge in [0.05, 0.1) is 0 Å². The first-order valence-corrected chi connectivity index (χ1v) is 7.77. The van der Waals surface area contributed by atoms with E-state index in [4.69, 9.17) is 5.73 Å². The van der Waals surface area contributed by atoms with E-state index in [2.05, 4.69) is 24.6 Å². The van der Waals surface area contributed by atoms with Crippen molar-refractivity contribution in [1.82, 2.24) is 10.6 Å². The van der Waals surface area contributed by atoms with E-state index in [0.717, 1.165) is 19.5 Å². The summed E-state index contributed by atoms with van der Waals surface area (Å²) in [5.74, 6) is 0. The van der Waals surface area contributed by atoms with Gasteiger partial charge < -0.3 is 16.4 Å². The summed E-state index contributed by atoms with van der Waals surface area (Å²) in [5, 5.41) is 6.99. The minimum Gasteiger partial charge on any atom is -0.324 e. The third-order valence-electron chi connectivity index (χ3n) is 5.59. The Morgan fingerprint density at radius 1 is 1.11 bits per heavy atom. The molecule has 2 aliphatic rings. The van der Waals surface area contributed by atoms with Crippen LogP contribution >= 0.6 is 0 Å². The highest BCUT2D eigenvalue weighted by molar-refractivity contribution is 5.04. The fourth-order valence-corrected chi connectivity index (χ4v) is 3.86. The fraction of sp³-hybridized carbons (Fsp3) is 1.00. The van der Waals surface area contributed by atoms with E-state index in [9.17, 15) is 0 Å². The minimum absolute atomic E-state index is 0.0110. The summed E-state index contributed by atoms with van der Waals surface area (Å²) in [5.41, 5.74) is 7.19. The second-order valence-corrected chi connectivity index (χ2v) is 6.79. The second kappa shape index (κ2) is 5.89. The molecule has 1 aliphatic heterocycles. The maximum Gasteiger partial charge on any atom is 0.0335 e. The minimum atomic E-state index is -0.0110. The Hall–Kier alpha value is -0.120. The largest absolute Gasteiger partial charge is 0.324 e. The van der Waals surface area contributed by atoms with Crippen LogP contribution in [0.15, 0.2) is 0 Å². The van der Waals surface area contributed by atoms with Gasteiger partial charge in [-0.3, -0.25) is 0 Å². The van der Waals surface area contributed by atoms with Crippen LogP contribution in [-0.2, 0) is 0 Å². The van der Waals surface area contributed by atoms with Gasteiger partial charge in [-0.1, -0.05) is 32.6 Å². The van der Waals surface area contributed by atoms with Crippen molar-refractivity contribution in [3.63, 3.8) is 0 Å². The second-order valence-electron chi connectivity index (χ2n) is 6.79. The topological polar surface area (TPSA) is 50.1 Å². The zero-order chi connectivity index (χ0) is 13.1. The quantitative estimate of drug-likeness (QED) is 0.660. The van der Waals surface area contributed by atoms with Gasteiger partial charge in [0.2, 0.25) is 0 Å². The molecule has 0 aromatic heterocycles. The molecule has 0 radical (unpaired) electrons. The Morgan fingerprint density at radius 2 is 1.78 bits per heavy atom. The highest BCUT2D eigenvalue weighted by atomic mass is 15.0. The molecule has 1 saturated carbocycles. The predicted octanol–water partition coefficient (Wildman–Crippen LogP) is 2.02. The van der Waals surface area contributed by atoms with E-state index in [-0.39, 0.29) is 5.54 Å². The van der Waals surface area contributed by atoms with Crippen LogP contribution in [0.2, 0.25) is 0 Å². The molecule has 2 unspecified atom stereocenters. The predicted molar refractivity (Wildman–Crippen MR) is 77.7 cm³/mol. The molecule has 4 N–H and O–H groups in total. The Kier molecular flexibility index (Phi) is 4.68. The summed E-state index contributed by atoms with van der Waals surface area (Å²) >= 11 is 0. The molecule has 1 saturated heterocycles. The van der Waals surface area contributed by atoms with Crippen LogP contribution in [0.5, 0.6) is 0 Å². The molecule has 3 heteroatoms. The molecule has 0 spiro atoms. The first-order chi connectivity index (χ1) is 8.60. The molecule has 1 aliphatic carbocycles. The number of nitrogens with two attached hydrogens (primary N) is 1. The van der Waals surface area contributed by atoms with Crippen LogP contribution in [0.3, 0.4) is 0 Å². The van der Waals surface area contributed by atoms with Gasteiger partial charge in [0.25, 0.3) is 0 Å². The summed E-state index contributed by atoms with van der Waals surface area (Å²) in [7, 11) is 2.06. The van der Waals surface area contributed by atoms with Crippen molar-refractivity contribution in [3.8, 4) is 0 Å². The van der Waals surface area contributed by atoms with Gasteiger partial charge in [-0.15, -0.1) is 0 Å². The number of likely N-dealkylation sites (N-methyl/N-ethyl adjacent to an activating group) is 1. The molecule has 0 amide bonds. The molecule has 18 heavy (non-hydrogen) atoms. The van der Waals surface area contributed by atoms with Gasteiger partial charge in [0, 0.05) is 24.7 Å². The molecule has 0 aromatic rings. The normalized spacial score (nSPS) is 37.8. The molecular formula is C15H31N3. The lowest BCUT2D eigenvalue weighted by molar-refractivity contribution is 0.109. The lowest BCUT2D eigenvalue weighted by Crippen LogP contribution is -2.59. The summed E-state index contributed by atoms with van der Waals surface area (Å²) < 4.78 is 0. The van der Waals surface area contributed by atoms with Gasteiger partial charge in [0.1, 0.15) is 0 Å². The Labute approximate surface area is 112 Å². The average molecular weight is 253 g/mol. The van der Waals surface area contributed by atoms with Crippen LogP contribution in [0.25, 0.3) is 0 Å². The van der Waals surface area contributed by atoms with Crippen LogP contribution in [0, 0.1) is 5.41 Å². The molecule has 106 valence electrons. The van der Waals surface area contributed by atoms with Gasteiger partial charge in [-0.05, 0) is 38.1 Å². The first kappa shape index (κ1) is 14.3. The number of rotatable bonds is 2. The maximum absolute atomic E-state index is 6.86. The van der Waals surface area contributed by atoms with E-state index in [1.165, 1.54) is 44.9 Å². The molecule has 0 aromatic carbocycles. The zero-order valence-electron chi connectivity index (χ0n) is 12.2. The molecule has 2 fully saturated rings. The summed E-state index contributed by atoms with van der Waals surface area (Å²) in [6.07, 6.45) is 10.5. The van der Waals surface area contributed by atoms with Crippen molar-refractivity contribution in [3.05, 3.63) is 0 Å². The van der Waals surface area contributed by atoms with Crippen LogP contribution in [-0.4, -0.2) is 31.7 Å². The molecule has 2 rings (SSSR count). The Balaban J connectivity index is 2.08. The van der Waals surface area contributed by atoms with E-state index in [1.54, 1.807) is 0 Å². The molecular weight excluding hydrogens is 222 g/mol. The van der Waals surface area contributed by atoms with Crippen molar-refractivity contribution in [2.45, 2.75) is 69.9 Å². The maximum atomic E-state index is 6.86. The van der Waals surface area contributed by atoms with Crippen LogP contribution in [0.4, 0.5) is 0 Å². The van der Waals surface area contributed by atoms with Crippen molar-refractivity contribution in [2.75, 3.05) is 20.1 Å². The number of nitrogens with one attached hydrogen (secondary N) is 2. The number of hydrogen-bond donors (Lipinski definition) is 3. The highest BCUT2D eigenvalue weighted by Crippen LogP contribution is 2.44.